The zero-order chi connectivity index (χ0) is 12.3. The van der Waals surface area contributed by atoms with E-state index in [-0.39, 0.29) is 0 Å². The minimum atomic E-state index is -0.444. The molecule has 0 unspecified atom stereocenters. The number of carbonyl (C=O) groups excluding carboxylic acids is 2. The number of esters is 1. The molecule has 0 spiro atoms. The highest BCUT2D eigenvalue weighted by atomic mass is 16.5. The Bertz CT molecular complexity index is 435. The fourth-order valence-electron chi connectivity index (χ4n) is 1.69. The fraction of sp³-hybridized carbons (Fsp3) is 0.333. The molecule has 4 heteroatoms. The largest absolute Gasteiger partial charge is 0.496 e. The lowest BCUT2D eigenvalue weighted by Gasteiger charge is -2.13. The van der Waals surface area contributed by atoms with E-state index in [4.69, 9.17) is 4.74 Å². The topological polar surface area (TPSA) is 52.6 Å². The Labute approximate surface area is 94.2 Å². The third-order valence-electron chi connectivity index (χ3n) is 2.51. The van der Waals surface area contributed by atoms with Crippen LogP contribution in [0, 0.1) is 13.8 Å². The van der Waals surface area contributed by atoms with Crippen molar-refractivity contribution in [1.29, 1.82) is 0 Å². The van der Waals surface area contributed by atoms with E-state index in [1.54, 1.807) is 19.9 Å². The Morgan fingerprint density at radius 1 is 1.31 bits per heavy atom. The lowest BCUT2D eigenvalue weighted by Crippen LogP contribution is -2.09. The first-order valence-electron chi connectivity index (χ1n) is 4.78. The molecule has 16 heavy (non-hydrogen) atoms. The van der Waals surface area contributed by atoms with Crippen molar-refractivity contribution in [3.05, 3.63) is 28.3 Å². The number of methoxy groups -OCH3 is 2. The van der Waals surface area contributed by atoms with E-state index >= 15 is 0 Å². The SMILES string of the molecule is COC(=O)c1c(C)cc(OC)c(C=O)c1C. The van der Waals surface area contributed by atoms with Gasteiger partial charge in [0.25, 0.3) is 0 Å². The summed E-state index contributed by atoms with van der Waals surface area (Å²) < 4.78 is 9.76. The molecule has 0 aliphatic carbocycles. The monoisotopic (exact) mass is 222 g/mol. The summed E-state index contributed by atoms with van der Waals surface area (Å²) in [5.41, 5.74) is 2.12. The van der Waals surface area contributed by atoms with E-state index in [2.05, 4.69) is 4.74 Å². The van der Waals surface area contributed by atoms with Gasteiger partial charge in [0, 0.05) is 0 Å². The van der Waals surface area contributed by atoms with Crippen molar-refractivity contribution in [3.63, 3.8) is 0 Å². The minimum Gasteiger partial charge on any atom is -0.496 e. The standard InChI is InChI=1S/C12H14O4/c1-7-5-10(15-3)9(6-13)8(2)11(7)12(14)16-4/h5-6H,1-4H3. The number of hydrogen-bond acceptors (Lipinski definition) is 4. The summed E-state index contributed by atoms with van der Waals surface area (Å²) in [6, 6.07) is 1.66. The molecule has 4 nitrogen and oxygen atoms in total. The first kappa shape index (κ1) is 12.2. The summed E-state index contributed by atoms with van der Waals surface area (Å²) in [6.07, 6.45) is 0.681. The lowest BCUT2D eigenvalue weighted by molar-refractivity contribution is 0.0599. The molecule has 0 bridgehead atoms. The summed E-state index contributed by atoms with van der Waals surface area (Å²) in [5, 5.41) is 0. The molecule has 0 aliphatic rings. The summed E-state index contributed by atoms with van der Waals surface area (Å²) in [4.78, 5) is 22.5. The molecule has 0 fully saturated rings. The summed E-state index contributed by atoms with van der Waals surface area (Å²) >= 11 is 0. The van der Waals surface area contributed by atoms with Crippen LogP contribution in [0.25, 0.3) is 0 Å². The molecule has 0 saturated carbocycles. The van der Waals surface area contributed by atoms with Gasteiger partial charge in [-0.15, -0.1) is 0 Å². The molecule has 0 radical (unpaired) electrons. The van der Waals surface area contributed by atoms with E-state index in [1.165, 1.54) is 14.2 Å². The van der Waals surface area contributed by atoms with Crippen molar-refractivity contribution in [2.24, 2.45) is 0 Å². The molecule has 0 saturated heterocycles. The molecule has 0 amide bonds. The van der Waals surface area contributed by atoms with Gasteiger partial charge in [-0.3, -0.25) is 4.79 Å². The molecular weight excluding hydrogens is 208 g/mol. The zero-order valence-corrected chi connectivity index (χ0v) is 9.79. The van der Waals surface area contributed by atoms with Crippen LogP contribution in [0.2, 0.25) is 0 Å². The van der Waals surface area contributed by atoms with Gasteiger partial charge >= 0.3 is 5.97 Å². The second-order valence-corrected chi connectivity index (χ2v) is 3.42. The van der Waals surface area contributed by atoms with E-state index in [0.29, 0.717) is 28.7 Å². The normalized spacial score (nSPS) is 9.75. The Morgan fingerprint density at radius 2 is 1.94 bits per heavy atom. The van der Waals surface area contributed by atoms with Gasteiger partial charge in [-0.1, -0.05) is 0 Å². The smallest absolute Gasteiger partial charge is 0.338 e. The van der Waals surface area contributed by atoms with Crippen LogP contribution < -0.4 is 4.74 Å². The molecule has 0 aromatic heterocycles. The van der Waals surface area contributed by atoms with E-state index in [9.17, 15) is 9.59 Å². The molecule has 0 atom stereocenters. The average Bonchev–Trinajstić information content (AvgIpc) is 2.27. The van der Waals surface area contributed by atoms with E-state index < -0.39 is 5.97 Å². The number of carbonyl (C=O) groups is 2. The zero-order valence-electron chi connectivity index (χ0n) is 9.79. The van der Waals surface area contributed by atoms with Gasteiger partial charge in [-0.05, 0) is 31.0 Å². The molecule has 1 rings (SSSR count). The predicted molar refractivity (Wildman–Crippen MR) is 59.2 cm³/mol. The molecule has 86 valence electrons. The first-order valence-corrected chi connectivity index (χ1v) is 4.78. The molecule has 1 aromatic carbocycles. The maximum atomic E-state index is 11.5. The van der Waals surface area contributed by atoms with Gasteiger partial charge in [0.15, 0.2) is 6.29 Å². The van der Waals surface area contributed by atoms with Crippen LogP contribution in [0.4, 0.5) is 0 Å². The number of hydrogen-bond donors (Lipinski definition) is 0. The van der Waals surface area contributed by atoms with Crippen molar-refractivity contribution < 1.29 is 19.1 Å². The van der Waals surface area contributed by atoms with Crippen LogP contribution in [0.3, 0.4) is 0 Å². The molecule has 0 heterocycles. The lowest BCUT2D eigenvalue weighted by atomic mass is 9.97. The number of aryl methyl sites for hydroxylation is 1. The Hall–Kier alpha value is -1.84. The third-order valence-corrected chi connectivity index (χ3v) is 2.51. The van der Waals surface area contributed by atoms with Crippen molar-refractivity contribution in [2.75, 3.05) is 14.2 Å². The van der Waals surface area contributed by atoms with Crippen LogP contribution in [-0.4, -0.2) is 26.5 Å². The number of aldehydes is 1. The van der Waals surface area contributed by atoms with Crippen LogP contribution in [0.15, 0.2) is 6.07 Å². The van der Waals surface area contributed by atoms with E-state index in [1.807, 2.05) is 0 Å². The average molecular weight is 222 g/mol. The van der Waals surface area contributed by atoms with Gasteiger partial charge in [0.05, 0.1) is 25.3 Å². The Kier molecular flexibility index (Phi) is 3.66. The summed E-state index contributed by atoms with van der Waals surface area (Å²) in [5.74, 6) is 0.0263. The predicted octanol–water partition coefficient (Wildman–Crippen LogP) is 1.91. The van der Waals surface area contributed by atoms with Gasteiger partial charge in [0.1, 0.15) is 5.75 Å². The summed E-state index contributed by atoms with van der Waals surface area (Å²) in [7, 11) is 2.80. The minimum absolute atomic E-state index is 0.383. The van der Waals surface area contributed by atoms with Gasteiger partial charge < -0.3 is 9.47 Å². The molecule has 0 N–H and O–H groups in total. The fourth-order valence-corrected chi connectivity index (χ4v) is 1.69. The second-order valence-electron chi connectivity index (χ2n) is 3.42. The van der Waals surface area contributed by atoms with Crippen molar-refractivity contribution >= 4 is 12.3 Å². The van der Waals surface area contributed by atoms with Gasteiger partial charge in [-0.25, -0.2) is 4.79 Å². The molecule has 0 aliphatic heterocycles. The van der Waals surface area contributed by atoms with Crippen LogP contribution in [0.1, 0.15) is 31.8 Å². The highest BCUT2D eigenvalue weighted by Gasteiger charge is 2.18. The van der Waals surface area contributed by atoms with Crippen molar-refractivity contribution in [1.82, 2.24) is 0 Å². The number of rotatable bonds is 3. The summed E-state index contributed by atoms with van der Waals surface area (Å²) in [6.45, 7) is 3.47. The van der Waals surface area contributed by atoms with Crippen molar-refractivity contribution in [2.45, 2.75) is 13.8 Å². The quantitative estimate of drug-likeness (QED) is 0.579. The third kappa shape index (κ3) is 1.91. The maximum absolute atomic E-state index is 11.5. The van der Waals surface area contributed by atoms with Gasteiger partial charge in [-0.2, -0.15) is 0 Å². The van der Waals surface area contributed by atoms with Crippen LogP contribution in [-0.2, 0) is 4.74 Å². The number of ether oxygens (including phenoxy) is 2. The number of benzene rings is 1. The van der Waals surface area contributed by atoms with Crippen molar-refractivity contribution in [3.8, 4) is 5.75 Å². The van der Waals surface area contributed by atoms with Crippen LogP contribution in [0.5, 0.6) is 5.75 Å². The highest BCUT2D eigenvalue weighted by Crippen LogP contribution is 2.27. The Morgan fingerprint density at radius 3 is 2.38 bits per heavy atom. The molecule has 1 aromatic rings. The van der Waals surface area contributed by atoms with Crippen LogP contribution >= 0.6 is 0 Å². The Balaban J connectivity index is 3.52. The molecular formula is C12H14O4. The first-order chi connectivity index (χ1) is 7.56. The highest BCUT2D eigenvalue weighted by molar-refractivity contribution is 5.96. The maximum Gasteiger partial charge on any atom is 0.338 e. The second kappa shape index (κ2) is 4.79. The van der Waals surface area contributed by atoms with E-state index in [0.717, 1.165) is 5.56 Å². The van der Waals surface area contributed by atoms with Gasteiger partial charge in [0.2, 0.25) is 0 Å².